The highest BCUT2D eigenvalue weighted by Gasteiger charge is 2.57. The van der Waals surface area contributed by atoms with Crippen LogP contribution in [0.3, 0.4) is 0 Å². The van der Waals surface area contributed by atoms with E-state index in [4.69, 9.17) is 9.78 Å². The molecule has 5 fully saturated rings. The average molecular weight is 445 g/mol. The van der Waals surface area contributed by atoms with Gasteiger partial charge in [-0.15, -0.1) is 0 Å². The monoisotopic (exact) mass is 444 g/mol. The molecule has 5 nitrogen and oxygen atoms in total. The Morgan fingerprint density at radius 3 is 2.69 bits per heavy atom. The zero-order chi connectivity index (χ0) is 22.7. The van der Waals surface area contributed by atoms with E-state index < -0.39 is 18.0 Å². The van der Waals surface area contributed by atoms with Gasteiger partial charge in [0.2, 0.25) is 5.79 Å². The summed E-state index contributed by atoms with van der Waals surface area (Å²) in [5.41, 5.74) is 3.47. The van der Waals surface area contributed by atoms with E-state index in [-0.39, 0.29) is 17.4 Å². The zero-order valence-corrected chi connectivity index (χ0v) is 19.6. The van der Waals surface area contributed by atoms with Crippen LogP contribution in [-0.4, -0.2) is 39.4 Å². The van der Waals surface area contributed by atoms with Crippen LogP contribution in [0.1, 0.15) is 78.1 Å². The van der Waals surface area contributed by atoms with Crippen molar-refractivity contribution in [2.24, 2.45) is 29.1 Å². The fraction of sp³-hybridized carbons (Fsp3) is 0.778. The van der Waals surface area contributed by atoms with Crippen molar-refractivity contribution in [3.63, 3.8) is 0 Å². The third kappa shape index (κ3) is 3.94. The van der Waals surface area contributed by atoms with Crippen molar-refractivity contribution >= 4 is 0 Å². The number of rotatable bonds is 4. The molecule has 0 radical (unpaired) electrons. The second-order valence-corrected chi connectivity index (χ2v) is 11.6. The number of aliphatic hydroxyl groups is 3. The maximum atomic E-state index is 10.8. The summed E-state index contributed by atoms with van der Waals surface area (Å²) in [4.78, 5) is 11.2. The van der Waals surface area contributed by atoms with Gasteiger partial charge in [-0.1, -0.05) is 38.2 Å². The Bertz CT molecular complexity index is 813. The van der Waals surface area contributed by atoms with Crippen molar-refractivity contribution in [1.82, 2.24) is 0 Å². The summed E-state index contributed by atoms with van der Waals surface area (Å²) in [6.07, 6.45) is 12.7. The Morgan fingerprint density at radius 1 is 1.16 bits per heavy atom. The molecule has 32 heavy (non-hydrogen) atoms. The van der Waals surface area contributed by atoms with E-state index in [0.717, 1.165) is 30.4 Å². The van der Waals surface area contributed by atoms with Crippen molar-refractivity contribution in [3.05, 3.63) is 35.5 Å². The predicted molar refractivity (Wildman–Crippen MR) is 122 cm³/mol. The van der Waals surface area contributed by atoms with E-state index >= 15 is 0 Å². The van der Waals surface area contributed by atoms with Gasteiger partial charge < -0.3 is 15.3 Å². The van der Waals surface area contributed by atoms with Crippen LogP contribution in [0.4, 0.5) is 0 Å². The van der Waals surface area contributed by atoms with Gasteiger partial charge in [-0.2, -0.15) is 0 Å². The maximum absolute atomic E-state index is 10.8. The highest BCUT2D eigenvalue weighted by atomic mass is 17.2. The molecule has 0 spiro atoms. The SMILES string of the molecule is C=C1C(=CC=C2CCC[C@@]3(C)C2CC[C@@H]3C(C)C2CC(O)(C3CC3)OO2)C[C@@H](O)C[C@@H]1O. The third-order valence-corrected chi connectivity index (χ3v) is 9.55. The molecule has 4 unspecified atom stereocenters. The van der Waals surface area contributed by atoms with E-state index in [1.54, 1.807) is 0 Å². The Morgan fingerprint density at radius 2 is 1.94 bits per heavy atom. The van der Waals surface area contributed by atoms with E-state index in [1.807, 2.05) is 0 Å². The van der Waals surface area contributed by atoms with Crippen LogP contribution in [0.2, 0.25) is 0 Å². The van der Waals surface area contributed by atoms with E-state index in [0.29, 0.717) is 37.0 Å². The minimum Gasteiger partial charge on any atom is -0.393 e. The highest BCUT2D eigenvalue weighted by molar-refractivity contribution is 5.38. The van der Waals surface area contributed by atoms with Crippen molar-refractivity contribution in [2.75, 3.05) is 0 Å². The first-order valence-corrected chi connectivity index (χ1v) is 12.7. The molecule has 4 aliphatic carbocycles. The molecule has 0 aromatic heterocycles. The van der Waals surface area contributed by atoms with Crippen LogP contribution in [0.5, 0.6) is 0 Å². The van der Waals surface area contributed by atoms with Gasteiger partial charge in [-0.25, -0.2) is 9.78 Å². The summed E-state index contributed by atoms with van der Waals surface area (Å²) in [5.74, 6) is 0.623. The largest absolute Gasteiger partial charge is 0.393 e. The number of allylic oxidation sites excluding steroid dienone is 3. The topological polar surface area (TPSA) is 79.2 Å². The minimum atomic E-state index is -1.07. The molecular weight excluding hydrogens is 404 g/mol. The Hall–Kier alpha value is -0.980. The Balaban J connectivity index is 1.31. The molecular formula is C27H40O5. The van der Waals surface area contributed by atoms with E-state index in [1.165, 1.54) is 31.3 Å². The molecule has 1 aliphatic heterocycles. The summed E-state index contributed by atoms with van der Waals surface area (Å²) in [5, 5.41) is 31.0. The highest BCUT2D eigenvalue weighted by Crippen LogP contribution is 2.61. The van der Waals surface area contributed by atoms with Crippen LogP contribution < -0.4 is 0 Å². The Kier molecular flexibility index (Phi) is 5.95. The van der Waals surface area contributed by atoms with Gasteiger partial charge in [0.1, 0.15) is 6.10 Å². The molecule has 178 valence electrons. The lowest BCUT2D eigenvalue weighted by Crippen LogP contribution is -2.39. The summed E-state index contributed by atoms with van der Waals surface area (Å²) in [6.45, 7) is 8.81. The molecule has 0 bridgehead atoms. The number of hydrogen-bond acceptors (Lipinski definition) is 5. The third-order valence-electron chi connectivity index (χ3n) is 9.55. The summed E-state index contributed by atoms with van der Waals surface area (Å²) in [6, 6.07) is 0. The Labute approximate surface area is 192 Å². The van der Waals surface area contributed by atoms with Crippen LogP contribution in [0, 0.1) is 29.1 Å². The molecule has 8 atom stereocenters. The molecule has 0 aromatic rings. The van der Waals surface area contributed by atoms with Gasteiger partial charge in [0, 0.05) is 18.8 Å². The van der Waals surface area contributed by atoms with Crippen LogP contribution >= 0.6 is 0 Å². The second-order valence-electron chi connectivity index (χ2n) is 11.6. The first-order valence-electron chi connectivity index (χ1n) is 12.7. The number of hydrogen-bond donors (Lipinski definition) is 3. The quantitative estimate of drug-likeness (QED) is 0.553. The molecule has 5 aliphatic rings. The smallest absolute Gasteiger partial charge is 0.204 e. The standard InChI is InChI=1S/C27H40O5/c1-16-19(13-21(28)14-24(16)29)7-6-18-5-4-12-26(3)22(10-11-23(18)26)17(2)25-15-27(30,32-31-25)20-8-9-20/h6-7,17,20-25,28-30H,1,4-5,8-15H2,2-3H3/t17?,21-,22-,23?,24+,25?,26-,27?/m1/s1. The van der Waals surface area contributed by atoms with Gasteiger partial charge in [-0.3, -0.25) is 0 Å². The van der Waals surface area contributed by atoms with Gasteiger partial charge in [0.15, 0.2) is 0 Å². The molecule has 4 saturated carbocycles. The van der Waals surface area contributed by atoms with Gasteiger partial charge in [-0.05, 0) is 85.7 Å². The predicted octanol–water partition coefficient (Wildman–Crippen LogP) is 4.58. The zero-order valence-electron chi connectivity index (χ0n) is 19.6. The molecule has 1 saturated heterocycles. The van der Waals surface area contributed by atoms with Crippen molar-refractivity contribution in [1.29, 1.82) is 0 Å². The normalized spacial score (nSPS) is 48.4. The minimum absolute atomic E-state index is 0.0359. The lowest BCUT2D eigenvalue weighted by molar-refractivity contribution is -0.388. The first kappa shape index (κ1) is 22.8. The summed E-state index contributed by atoms with van der Waals surface area (Å²) < 4.78 is 0. The number of aliphatic hydroxyl groups excluding tert-OH is 2. The van der Waals surface area contributed by atoms with Crippen LogP contribution in [0.25, 0.3) is 0 Å². The van der Waals surface area contributed by atoms with Gasteiger partial charge in [0.05, 0.1) is 12.2 Å². The van der Waals surface area contributed by atoms with E-state index in [2.05, 4.69) is 32.6 Å². The maximum Gasteiger partial charge on any atom is 0.204 e. The van der Waals surface area contributed by atoms with Crippen LogP contribution in [-0.2, 0) is 9.78 Å². The van der Waals surface area contributed by atoms with Gasteiger partial charge >= 0.3 is 0 Å². The van der Waals surface area contributed by atoms with Crippen LogP contribution in [0.15, 0.2) is 35.5 Å². The van der Waals surface area contributed by atoms with Crippen molar-refractivity contribution < 1.29 is 25.1 Å². The van der Waals surface area contributed by atoms with Crippen molar-refractivity contribution in [2.45, 2.75) is 102 Å². The molecule has 0 aromatic carbocycles. The molecule has 5 heteroatoms. The number of fused-ring (bicyclic) bond motifs is 1. The molecule has 5 rings (SSSR count). The lowest BCUT2D eigenvalue weighted by Gasteiger charge is -2.45. The average Bonchev–Trinajstić information content (AvgIpc) is 3.45. The van der Waals surface area contributed by atoms with Crippen molar-refractivity contribution in [3.8, 4) is 0 Å². The first-order chi connectivity index (χ1) is 15.2. The lowest BCUT2D eigenvalue weighted by atomic mass is 9.60. The molecule has 1 heterocycles. The van der Waals surface area contributed by atoms with E-state index in [9.17, 15) is 15.3 Å². The summed E-state index contributed by atoms with van der Waals surface area (Å²) >= 11 is 0. The summed E-state index contributed by atoms with van der Waals surface area (Å²) in [7, 11) is 0. The fourth-order valence-electron chi connectivity index (χ4n) is 7.41. The fourth-order valence-corrected chi connectivity index (χ4v) is 7.41. The molecule has 0 amide bonds. The van der Waals surface area contributed by atoms with Gasteiger partial charge in [0.25, 0.3) is 0 Å². The second kappa shape index (κ2) is 8.35. The molecule has 3 N–H and O–H groups in total.